The lowest BCUT2D eigenvalue weighted by Gasteiger charge is -2.30. The highest BCUT2D eigenvalue weighted by Crippen LogP contribution is 1.96. The van der Waals surface area contributed by atoms with E-state index >= 15 is 0 Å². The van der Waals surface area contributed by atoms with Gasteiger partial charge in [-0.05, 0) is 0 Å². The van der Waals surface area contributed by atoms with E-state index in [1.165, 1.54) is 10.6 Å². The first-order valence-corrected chi connectivity index (χ1v) is 6.73. The summed E-state index contributed by atoms with van der Waals surface area (Å²) < 4.78 is 23.8. The molecule has 0 amide bonds. The number of nitrogens with one attached hydrogen (secondary N) is 1. The molecule has 0 aromatic heterocycles. The van der Waals surface area contributed by atoms with E-state index in [1.54, 1.807) is 0 Å². The smallest absolute Gasteiger partial charge is 0.211 e. The lowest BCUT2D eigenvalue weighted by Crippen LogP contribution is -3.15. The molecule has 0 atom stereocenters. The van der Waals surface area contributed by atoms with Gasteiger partial charge < -0.3 is 14.8 Å². The van der Waals surface area contributed by atoms with Crippen molar-refractivity contribution in [1.29, 1.82) is 0 Å². The third kappa shape index (κ3) is 4.15. The van der Waals surface area contributed by atoms with Crippen LogP contribution in [0.25, 0.3) is 0 Å². The molecule has 0 radical (unpaired) electrons. The van der Waals surface area contributed by atoms with Gasteiger partial charge in [-0.2, -0.15) is 4.31 Å². The molecule has 7 heteroatoms. The van der Waals surface area contributed by atoms with E-state index in [1.807, 2.05) is 0 Å². The zero-order chi connectivity index (χ0) is 11.5. The Labute approximate surface area is 89.5 Å². The Morgan fingerprint density at radius 3 is 2.33 bits per heavy atom. The molecule has 88 valence electrons. The molecule has 1 saturated heterocycles. The summed E-state index contributed by atoms with van der Waals surface area (Å²) in [4.78, 5) is 11.4. The Hall–Kier alpha value is -0.660. The second-order valence-corrected chi connectivity index (χ2v) is 5.77. The Morgan fingerprint density at radius 1 is 1.40 bits per heavy atom. The van der Waals surface area contributed by atoms with Crippen LogP contribution in [0.4, 0.5) is 0 Å². The maximum atomic E-state index is 11.2. The minimum atomic E-state index is -3.09. The second kappa shape index (κ2) is 4.91. The number of quaternary nitrogens is 1. The third-order valence-corrected chi connectivity index (χ3v) is 3.88. The first kappa shape index (κ1) is 12.4. The number of nitrogens with zero attached hydrogens (tertiary/aromatic N) is 1. The van der Waals surface area contributed by atoms with Crippen molar-refractivity contribution in [3.05, 3.63) is 0 Å². The van der Waals surface area contributed by atoms with Crippen LogP contribution in [0.1, 0.15) is 6.42 Å². The fraction of sp³-hybridized carbons (Fsp3) is 0.875. The van der Waals surface area contributed by atoms with Crippen molar-refractivity contribution in [2.45, 2.75) is 6.42 Å². The van der Waals surface area contributed by atoms with Crippen molar-refractivity contribution in [1.82, 2.24) is 4.31 Å². The third-order valence-electron chi connectivity index (χ3n) is 2.58. The highest BCUT2D eigenvalue weighted by molar-refractivity contribution is 7.88. The van der Waals surface area contributed by atoms with Crippen molar-refractivity contribution in [3.8, 4) is 0 Å². The number of carboxylic acid groups (broad SMARTS) is 1. The summed E-state index contributed by atoms with van der Waals surface area (Å²) >= 11 is 0. The van der Waals surface area contributed by atoms with Crippen LogP contribution in [0, 0.1) is 0 Å². The molecule has 1 fully saturated rings. The lowest BCUT2D eigenvalue weighted by atomic mass is 10.3. The zero-order valence-corrected chi connectivity index (χ0v) is 9.55. The Balaban J connectivity index is 2.33. The highest BCUT2D eigenvalue weighted by Gasteiger charge is 2.25. The second-order valence-electron chi connectivity index (χ2n) is 3.78. The van der Waals surface area contributed by atoms with Crippen molar-refractivity contribution in [2.75, 3.05) is 39.0 Å². The number of hydrogen-bond donors (Lipinski definition) is 1. The van der Waals surface area contributed by atoms with Crippen molar-refractivity contribution in [3.63, 3.8) is 0 Å². The number of carbonyl (C=O) groups excluding carboxylic acids is 1. The molecule has 0 bridgehead atoms. The molecule has 0 aromatic rings. The number of rotatable bonds is 4. The van der Waals surface area contributed by atoms with Crippen molar-refractivity contribution >= 4 is 16.0 Å². The number of hydrogen-bond acceptors (Lipinski definition) is 4. The molecule has 1 N–H and O–H groups in total. The summed E-state index contributed by atoms with van der Waals surface area (Å²) in [6.07, 6.45) is 1.23. The van der Waals surface area contributed by atoms with Gasteiger partial charge in [-0.3, -0.25) is 0 Å². The van der Waals surface area contributed by atoms with E-state index in [0.29, 0.717) is 32.7 Å². The van der Waals surface area contributed by atoms with Gasteiger partial charge in [0.05, 0.1) is 39.0 Å². The van der Waals surface area contributed by atoms with Crippen LogP contribution in [-0.4, -0.2) is 57.7 Å². The Bertz CT molecular complexity index is 320. The summed E-state index contributed by atoms with van der Waals surface area (Å²) in [6, 6.07) is 0. The van der Waals surface area contributed by atoms with Gasteiger partial charge in [-0.15, -0.1) is 0 Å². The zero-order valence-electron chi connectivity index (χ0n) is 8.73. The monoisotopic (exact) mass is 236 g/mol. The predicted octanol–water partition coefficient (Wildman–Crippen LogP) is -3.71. The molecule has 0 spiro atoms. The van der Waals surface area contributed by atoms with Gasteiger partial charge in [0.1, 0.15) is 0 Å². The van der Waals surface area contributed by atoms with E-state index in [0.717, 1.165) is 4.90 Å². The van der Waals surface area contributed by atoms with E-state index in [4.69, 9.17) is 0 Å². The fourth-order valence-corrected chi connectivity index (χ4v) is 2.51. The molecule has 1 rings (SSSR count). The Kier molecular flexibility index (Phi) is 4.06. The normalized spacial score (nSPS) is 20.3. The van der Waals surface area contributed by atoms with Crippen LogP contribution in [-0.2, 0) is 14.8 Å². The fourth-order valence-electron chi connectivity index (χ4n) is 1.66. The van der Waals surface area contributed by atoms with E-state index in [9.17, 15) is 18.3 Å². The summed E-state index contributed by atoms with van der Waals surface area (Å²) in [6.45, 7) is 2.79. The minimum Gasteiger partial charge on any atom is -0.550 e. The van der Waals surface area contributed by atoms with Gasteiger partial charge in [0, 0.05) is 12.4 Å². The van der Waals surface area contributed by atoms with E-state index in [2.05, 4.69) is 0 Å². The van der Waals surface area contributed by atoms with Crippen molar-refractivity contribution in [2.24, 2.45) is 0 Å². The number of sulfonamides is 1. The van der Waals surface area contributed by atoms with Crippen LogP contribution in [0.3, 0.4) is 0 Å². The largest absolute Gasteiger partial charge is 0.550 e. The molecule has 0 unspecified atom stereocenters. The Morgan fingerprint density at radius 2 is 1.93 bits per heavy atom. The van der Waals surface area contributed by atoms with Crippen LogP contribution < -0.4 is 10.0 Å². The SMILES string of the molecule is CS(=O)(=O)N1CC[NH+](CCC(=O)[O-])CC1. The topological polar surface area (TPSA) is 82.0 Å². The number of carbonyl (C=O) groups is 1. The molecule has 1 heterocycles. The van der Waals surface area contributed by atoms with Gasteiger partial charge in [0.25, 0.3) is 0 Å². The van der Waals surface area contributed by atoms with Gasteiger partial charge >= 0.3 is 0 Å². The van der Waals surface area contributed by atoms with E-state index in [-0.39, 0.29) is 6.42 Å². The molecular weight excluding hydrogens is 220 g/mol. The summed E-state index contributed by atoms with van der Waals surface area (Å²) in [7, 11) is -3.09. The quantitative estimate of drug-likeness (QED) is 0.544. The molecule has 15 heavy (non-hydrogen) atoms. The van der Waals surface area contributed by atoms with Crippen LogP contribution in [0.2, 0.25) is 0 Å². The highest BCUT2D eigenvalue weighted by atomic mass is 32.2. The predicted molar refractivity (Wildman–Crippen MR) is 51.6 cm³/mol. The molecule has 1 aliphatic heterocycles. The van der Waals surface area contributed by atoms with Crippen LogP contribution >= 0.6 is 0 Å². The average molecular weight is 236 g/mol. The van der Waals surface area contributed by atoms with Crippen LogP contribution in [0.15, 0.2) is 0 Å². The summed E-state index contributed by atoms with van der Waals surface area (Å²) in [5.74, 6) is -1.05. The molecule has 6 nitrogen and oxygen atoms in total. The minimum absolute atomic E-state index is 0.0359. The van der Waals surface area contributed by atoms with Crippen LogP contribution in [0.5, 0.6) is 0 Å². The molecule has 0 aromatic carbocycles. The van der Waals surface area contributed by atoms with Gasteiger partial charge in [0.2, 0.25) is 10.0 Å². The first-order chi connectivity index (χ1) is 6.89. The standard InChI is InChI=1S/C8H16N2O4S/c1-15(13,14)10-6-4-9(5-7-10)3-2-8(11)12/h2-7H2,1H3,(H,11,12). The number of carboxylic acids is 1. The van der Waals surface area contributed by atoms with Gasteiger partial charge in [-0.1, -0.05) is 0 Å². The number of aliphatic carboxylic acids is 1. The molecule has 1 aliphatic rings. The maximum absolute atomic E-state index is 11.2. The molecule has 0 aliphatic carbocycles. The number of piperazine rings is 1. The first-order valence-electron chi connectivity index (χ1n) is 4.88. The summed E-state index contributed by atoms with van der Waals surface area (Å²) in [5.41, 5.74) is 0. The van der Waals surface area contributed by atoms with Gasteiger partial charge in [-0.25, -0.2) is 8.42 Å². The summed E-state index contributed by atoms with van der Waals surface area (Å²) in [5, 5.41) is 10.2. The van der Waals surface area contributed by atoms with Gasteiger partial charge in [0.15, 0.2) is 0 Å². The average Bonchev–Trinajstić information content (AvgIpc) is 2.14. The molecule has 0 saturated carbocycles. The lowest BCUT2D eigenvalue weighted by molar-refractivity contribution is -0.903. The molecular formula is C8H16N2O4S. The maximum Gasteiger partial charge on any atom is 0.211 e. The van der Waals surface area contributed by atoms with Crippen molar-refractivity contribution < 1.29 is 23.2 Å². The van der Waals surface area contributed by atoms with E-state index < -0.39 is 16.0 Å².